The summed E-state index contributed by atoms with van der Waals surface area (Å²) in [5.41, 5.74) is 8.77. The van der Waals surface area contributed by atoms with E-state index in [1.54, 1.807) is 11.8 Å². The van der Waals surface area contributed by atoms with E-state index in [2.05, 4.69) is 22.0 Å². The lowest BCUT2D eigenvalue weighted by molar-refractivity contribution is -0.139. The Labute approximate surface area is 204 Å². The fourth-order valence-corrected chi connectivity index (χ4v) is 5.12. The van der Waals surface area contributed by atoms with Crippen LogP contribution in [0.1, 0.15) is 31.0 Å². The van der Waals surface area contributed by atoms with Gasteiger partial charge in [0.2, 0.25) is 0 Å². The third kappa shape index (κ3) is 4.24. The van der Waals surface area contributed by atoms with E-state index in [-0.39, 0.29) is 12.4 Å². The topological polar surface area (TPSA) is 101 Å². The van der Waals surface area contributed by atoms with Crippen LogP contribution in [0.25, 0.3) is 5.70 Å². The molecule has 9 heteroatoms. The number of nitrogens with two attached hydrogens (primary N) is 1. The second-order valence-corrected chi connectivity index (χ2v) is 8.90. The first-order chi connectivity index (χ1) is 16.0. The van der Waals surface area contributed by atoms with Gasteiger partial charge >= 0.3 is 5.97 Å². The van der Waals surface area contributed by atoms with Gasteiger partial charge in [0.05, 0.1) is 35.0 Å². The van der Waals surface area contributed by atoms with E-state index in [1.807, 2.05) is 55.5 Å². The number of carbonyl (C=O) groups is 1. The van der Waals surface area contributed by atoms with E-state index in [0.29, 0.717) is 33.7 Å². The minimum atomic E-state index is -0.642. The largest absolute Gasteiger partial charge is 0.493 e. The number of halogens is 1. The molecule has 0 aliphatic carbocycles. The lowest BCUT2D eigenvalue weighted by Crippen LogP contribution is -2.38. The van der Waals surface area contributed by atoms with Crippen LogP contribution < -0.4 is 10.5 Å². The van der Waals surface area contributed by atoms with Crippen molar-refractivity contribution in [1.82, 2.24) is 4.90 Å². The summed E-state index contributed by atoms with van der Waals surface area (Å²) < 4.78 is 11.9. The van der Waals surface area contributed by atoms with Crippen molar-refractivity contribution in [3.8, 4) is 11.8 Å². The SMILES string of the molecule is CCOC(=O)C1=C(c2ccccc2)N=C2SC(C#N)=C(N)N2[C@H]1c1ccc(OCC)c(Br)c1. The van der Waals surface area contributed by atoms with Gasteiger partial charge in [-0.15, -0.1) is 0 Å². The number of aliphatic imine (C=N–C) groups is 1. The highest BCUT2D eigenvalue weighted by Crippen LogP contribution is 2.48. The molecule has 2 aromatic rings. The fraction of sp³-hybridized carbons (Fsp3) is 0.208. The molecule has 0 unspecified atom stereocenters. The van der Waals surface area contributed by atoms with Gasteiger partial charge in [-0.05, 0) is 59.2 Å². The maximum absolute atomic E-state index is 13.3. The Morgan fingerprint density at radius 2 is 2.00 bits per heavy atom. The zero-order valence-corrected chi connectivity index (χ0v) is 20.4. The number of benzene rings is 2. The number of carbonyl (C=O) groups excluding carboxylic acids is 1. The van der Waals surface area contributed by atoms with Crippen LogP contribution in [-0.2, 0) is 9.53 Å². The van der Waals surface area contributed by atoms with Crippen molar-refractivity contribution >= 4 is 44.5 Å². The standard InChI is InChI=1S/C24H21BrN4O3S/c1-3-31-17-11-10-15(12-16(17)25)21-19(23(30)32-4-2)20(14-8-6-5-7-9-14)28-24-29(21)22(27)18(13-26)33-24/h5-12,21H,3-4,27H2,1-2H3/t21-/m0/s1. The number of amidine groups is 1. The summed E-state index contributed by atoms with van der Waals surface area (Å²) in [5.74, 6) is 0.454. The Balaban J connectivity index is 1.98. The van der Waals surface area contributed by atoms with Crippen LogP contribution in [-0.4, -0.2) is 29.3 Å². The number of nitriles is 1. The molecule has 0 fully saturated rings. The minimum absolute atomic E-state index is 0.212. The molecule has 2 aromatic carbocycles. The molecule has 0 amide bonds. The highest BCUT2D eigenvalue weighted by Gasteiger charge is 2.43. The fourth-order valence-electron chi connectivity index (χ4n) is 3.73. The lowest BCUT2D eigenvalue weighted by atomic mass is 9.92. The molecule has 0 saturated carbocycles. The van der Waals surface area contributed by atoms with Gasteiger partial charge < -0.3 is 15.2 Å². The van der Waals surface area contributed by atoms with E-state index in [1.165, 1.54) is 11.8 Å². The number of rotatable bonds is 6. The Morgan fingerprint density at radius 1 is 1.24 bits per heavy atom. The van der Waals surface area contributed by atoms with E-state index < -0.39 is 12.0 Å². The molecule has 33 heavy (non-hydrogen) atoms. The van der Waals surface area contributed by atoms with Crippen molar-refractivity contribution in [1.29, 1.82) is 5.26 Å². The summed E-state index contributed by atoms with van der Waals surface area (Å²) in [6.07, 6.45) is 0. The number of nitrogens with zero attached hydrogens (tertiary/aromatic N) is 3. The van der Waals surface area contributed by atoms with Crippen molar-refractivity contribution in [2.24, 2.45) is 10.7 Å². The maximum atomic E-state index is 13.3. The number of hydrogen-bond donors (Lipinski definition) is 1. The second kappa shape index (κ2) is 9.73. The van der Waals surface area contributed by atoms with Crippen molar-refractivity contribution in [2.75, 3.05) is 13.2 Å². The third-order valence-electron chi connectivity index (χ3n) is 5.10. The molecule has 0 bridgehead atoms. The average Bonchev–Trinajstić information content (AvgIpc) is 3.15. The molecule has 2 heterocycles. The van der Waals surface area contributed by atoms with Gasteiger partial charge in [-0.25, -0.2) is 9.79 Å². The Bertz CT molecular complexity index is 1230. The molecule has 4 rings (SSSR count). The summed E-state index contributed by atoms with van der Waals surface area (Å²) in [7, 11) is 0. The molecule has 2 aliphatic heterocycles. The van der Waals surface area contributed by atoms with Gasteiger partial charge in [0, 0.05) is 5.56 Å². The molecule has 2 N–H and O–H groups in total. The van der Waals surface area contributed by atoms with Gasteiger partial charge in [-0.2, -0.15) is 5.26 Å². The second-order valence-electron chi connectivity index (χ2n) is 7.07. The highest BCUT2D eigenvalue weighted by molar-refractivity contribution is 9.10. The Kier molecular flexibility index (Phi) is 6.77. The van der Waals surface area contributed by atoms with Crippen LogP contribution in [0.4, 0.5) is 0 Å². The van der Waals surface area contributed by atoms with Crippen LogP contribution in [0.5, 0.6) is 5.75 Å². The van der Waals surface area contributed by atoms with Gasteiger partial charge in [-0.3, -0.25) is 4.90 Å². The summed E-state index contributed by atoms with van der Waals surface area (Å²) in [6, 6.07) is 16.6. The number of allylic oxidation sites excluding steroid dienone is 1. The van der Waals surface area contributed by atoms with Crippen molar-refractivity contribution in [3.05, 3.63) is 80.4 Å². The summed E-state index contributed by atoms with van der Waals surface area (Å²) >= 11 is 4.76. The normalized spacial score (nSPS) is 17.5. The van der Waals surface area contributed by atoms with Crippen LogP contribution in [0.15, 0.2) is 74.3 Å². The predicted molar refractivity (Wildman–Crippen MR) is 132 cm³/mol. The maximum Gasteiger partial charge on any atom is 0.338 e. The molecule has 0 radical (unpaired) electrons. The zero-order valence-electron chi connectivity index (χ0n) is 18.0. The van der Waals surface area contributed by atoms with Crippen LogP contribution in [0, 0.1) is 11.3 Å². The number of thioether (sulfide) groups is 1. The first-order valence-electron chi connectivity index (χ1n) is 10.3. The molecule has 0 saturated heterocycles. The van der Waals surface area contributed by atoms with Crippen LogP contribution in [0.2, 0.25) is 0 Å². The molecule has 2 aliphatic rings. The quantitative estimate of drug-likeness (QED) is 0.534. The molecule has 0 spiro atoms. The number of esters is 1. The number of hydrogen-bond acceptors (Lipinski definition) is 8. The van der Waals surface area contributed by atoms with Gasteiger partial charge in [0.1, 0.15) is 22.5 Å². The molecular formula is C24H21BrN4O3S. The van der Waals surface area contributed by atoms with Gasteiger partial charge in [0.15, 0.2) is 5.17 Å². The summed E-state index contributed by atoms with van der Waals surface area (Å²) in [4.78, 5) is 20.2. The van der Waals surface area contributed by atoms with Crippen LogP contribution >= 0.6 is 27.7 Å². The number of ether oxygens (including phenoxy) is 2. The molecule has 168 valence electrons. The molecule has 1 atom stereocenters. The average molecular weight is 525 g/mol. The Hall–Kier alpha value is -3.22. The first kappa shape index (κ1) is 23.0. The highest BCUT2D eigenvalue weighted by atomic mass is 79.9. The van der Waals surface area contributed by atoms with Crippen molar-refractivity contribution in [2.45, 2.75) is 19.9 Å². The monoisotopic (exact) mass is 524 g/mol. The smallest absolute Gasteiger partial charge is 0.338 e. The third-order valence-corrected chi connectivity index (χ3v) is 6.70. The summed E-state index contributed by atoms with van der Waals surface area (Å²) in [5, 5.41) is 10.1. The zero-order chi connectivity index (χ0) is 23.5. The first-order valence-corrected chi connectivity index (χ1v) is 12.0. The van der Waals surface area contributed by atoms with Crippen molar-refractivity contribution < 1.29 is 14.3 Å². The number of fused-ring (bicyclic) bond motifs is 1. The lowest BCUT2D eigenvalue weighted by Gasteiger charge is -2.35. The minimum Gasteiger partial charge on any atom is -0.493 e. The van der Waals surface area contributed by atoms with Crippen molar-refractivity contribution in [3.63, 3.8) is 0 Å². The van der Waals surface area contributed by atoms with Crippen LogP contribution in [0.3, 0.4) is 0 Å². The Morgan fingerprint density at radius 3 is 2.64 bits per heavy atom. The molecule has 7 nitrogen and oxygen atoms in total. The van der Waals surface area contributed by atoms with E-state index in [9.17, 15) is 10.1 Å². The molecule has 0 aromatic heterocycles. The molecular weight excluding hydrogens is 504 g/mol. The predicted octanol–water partition coefficient (Wildman–Crippen LogP) is 4.93. The summed E-state index contributed by atoms with van der Waals surface area (Å²) in [6.45, 7) is 4.40. The van der Waals surface area contributed by atoms with E-state index in [0.717, 1.165) is 15.6 Å². The van der Waals surface area contributed by atoms with Gasteiger partial charge in [0.25, 0.3) is 0 Å². The van der Waals surface area contributed by atoms with E-state index in [4.69, 9.17) is 20.2 Å². The van der Waals surface area contributed by atoms with E-state index >= 15 is 0 Å². The van der Waals surface area contributed by atoms with Gasteiger partial charge in [-0.1, -0.05) is 36.4 Å².